The van der Waals surface area contributed by atoms with Crippen LogP contribution in [-0.4, -0.2) is 36.3 Å². The third kappa shape index (κ3) is 2.94. The number of morpholine rings is 1. The Hall–Kier alpha value is -1.16. The largest absolute Gasteiger partial charge is 0.378 e. The molecule has 2 heterocycles. The molecular formula is C13H21N3O. The molecule has 0 saturated carbocycles. The summed E-state index contributed by atoms with van der Waals surface area (Å²) in [7, 11) is 0. The van der Waals surface area contributed by atoms with Crippen LogP contribution < -0.4 is 4.90 Å². The van der Waals surface area contributed by atoms with E-state index in [1.54, 1.807) is 0 Å². The van der Waals surface area contributed by atoms with Crippen LogP contribution in [0.25, 0.3) is 0 Å². The Labute approximate surface area is 103 Å². The van der Waals surface area contributed by atoms with Gasteiger partial charge in [0.15, 0.2) is 0 Å². The molecule has 0 atom stereocenters. The lowest BCUT2D eigenvalue weighted by molar-refractivity contribution is 0.122. The maximum Gasteiger partial charge on any atom is 0.225 e. The number of anilines is 1. The van der Waals surface area contributed by atoms with Crippen LogP contribution in [0.1, 0.15) is 38.2 Å². The van der Waals surface area contributed by atoms with Gasteiger partial charge in [0.2, 0.25) is 5.95 Å². The number of hydrogen-bond acceptors (Lipinski definition) is 4. The van der Waals surface area contributed by atoms with Gasteiger partial charge in [-0.2, -0.15) is 0 Å². The van der Waals surface area contributed by atoms with Gasteiger partial charge in [0, 0.05) is 25.5 Å². The van der Waals surface area contributed by atoms with Crippen molar-refractivity contribution in [2.24, 2.45) is 0 Å². The van der Waals surface area contributed by atoms with E-state index in [1.807, 2.05) is 12.4 Å². The van der Waals surface area contributed by atoms with Crippen LogP contribution in [-0.2, 0) is 4.74 Å². The molecule has 2 rings (SSSR count). The van der Waals surface area contributed by atoms with Crippen molar-refractivity contribution < 1.29 is 4.74 Å². The summed E-state index contributed by atoms with van der Waals surface area (Å²) < 4.78 is 5.32. The summed E-state index contributed by atoms with van der Waals surface area (Å²) in [5.41, 5.74) is 1.26. The lowest BCUT2D eigenvalue weighted by Gasteiger charge is -2.26. The average Bonchev–Trinajstić information content (AvgIpc) is 2.42. The number of hydrogen-bond donors (Lipinski definition) is 0. The van der Waals surface area contributed by atoms with E-state index in [-0.39, 0.29) is 0 Å². The van der Waals surface area contributed by atoms with Gasteiger partial charge in [0.1, 0.15) is 0 Å². The van der Waals surface area contributed by atoms with Gasteiger partial charge in [-0.15, -0.1) is 0 Å². The molecule has 1 saturated heterocycles. The fourth-order valence-corrected chi connectivity index (χ4v) is 2.23. The predicted molar refractivity (Wildman–Crippen MR) is 68.4 cm³/mol. The van der Waals surface area contributed by atoms with Crippen LogP contribution in [0.2, 0.25) is 0 Å². The third-order valence-corrected chi connectivity index (χ3v) is 3.41. The van der Waals surface area contributed by atoms with Crippen LogP contribution >= 0.6 is 0 Å². The molecule has 0 amide bonds. The molecule has 1 aliphatic rings. The summed E-state index contributed by atoms with van der Waals surface area (Å²) >= 11 is 0. The molecule has 94 valence electrons. The first kappa shape index (κ1) is 12.3. The lowest BCUT2D eigenvalue weighted by atomic mass is 9.97. The van der Waals surface area contributed by atoms with Crippen molar-refractivity contribution in [1.29, 1.82) is 0 Å². The first-order chi connectivity index (χ1) is 8.35. The topological polar surface area (TPSA) is 38.2 Å². The first-order valence-corrected chi connectivity index (χ1v) is 6.49. The van der Waals surface area contributed by atoms with Crippen molar-refractivity contribution in [2.75, 3.05) is 31.2 Å². The molecule has 0 radical (unpaired) electrons. The van der Waals surface area contributed by atoms with Gasteiger partial charge in [-0.3, -0.25) is 0 Å². The lowest BCUT2D eigenvalue weighted by Crippen LogP contribution is -2.37. The van der Waals surface area contributed by atoms with E-state index in [1.165, 1.54) is 5.56 Å². The van der Waals surface area contributed by atoms with Crippen LogP contribution in [0.15, 0.2) is 12.4 Å². The van der Waals surface area contributed by atoms with Gasteiger partial charge in [0.25, 0.3) is 0 Å². The number of nitrogens with zero attached hydrogens (tertiary/aromatic N) is 3. The molecule has 1 aliphatic heterocycles. The van der Waals surface area contributed by atoms with Gasteiger partial charge in [-0.05, 0) is 24.3 Å². The minimum atomic E-state index is 0.591. The second-order valence-electron chi connectivity index (χ2n) is 4.43. The zero-order valence-electron chi connectivity index (χ0n) is 10.7. The molecule has 1 fully saturated rings. The van der Waals surface area contributed by atoms with Crippen LogP contribution in [0.3, 0.4) is 0 Å². The predicted octanol–water partition coefficient (Wildman–Crippen LogP) is 2.22. The quantitative estimate of drug-likeness (QED) is 0.802. The number of aromatic nitrogens is 2. The summed E-state index contributed by atoms with van der Waals surface area (Å²) in [5.74, 6) is 1.43. The minimum absolute atomic E-state index is 0.591. The van der Waals surface area contributed by atoms with Crippen molar-refractivity contribution in [1.82, 2.24) is 9.97 Å². The maximum absolute atomic E-state index is 5.32. The molecule has 0 aromatic carbocycles. The molecule has 4 heteroatoms. The summed E-state index contributed by atoms with van der Waals surface area (Å²) in [5, 5.41) is 0. The van der Waals surface area contributed by atoms with Gasteiger partial charge in [0.05, 0.1) is 13.2 Å². The van der Waals surface area contributed by atoms with Crippen molar-refractivity contribution in [2.45, 2.75) is 32.6 Å². The van der Waals surface area contributed by atoms with Gasteiger partial charge in [-0.25, -0.2) is 9.97 Å². The second-order valence-corrected chi connectivity index (χ2v) is 4.43. The number of rotatable bonds is 4. The van der Waals surface area contributed by atoms with E-state index < -0.39 is 0 Å². The normalized spacial score (nSPS) is 16.5. The molecule has 0 unspecified atom stereocenters. The van der Waals surface area contributed by atoms with Gasteiger partial charge >= 0.3 is 0 Å². The molecule has 0 bridgehead atoms. The highest BCUT2D eigenvalue weighted by atomic mass is 16.5. The fourth-order valence-electron chi connectivity index (χ4n) is 2.23. The third-order valence-electron chi connectivity index (χ3n) is 3.41. The molecule has 1 aromatic rings. The Balaban J connectivity index is 2.06. The summed E-state index contributed by atoms with van der Waals surface area (Å²) in [6.07, 6.45) is 6.26. The molecule has 17 heavy (non-hydrogen) atoms. The van der Waals surface area contributed by atoms with Crippen LogP contribution in [0.5, 0.6) is 0 Å². The standard InChI is InChI=1S/C13H21N3O/c1-3-11(4-2)12-9-14-13(15-10-12)16-5-7-17-8-6-16/h9-11H,3-8H2,1-2H3. The Morgan fingerprint density at radius 1 is 1.18 bits per heavy atom. The average molecular weight is 235 g/mol. The van der Waals surface area contributed by atoms with Gasteiger partial charge < -0.3 is 9.64 Å². The molecule has 0 N–H and O–H groups in total. The van der Waals surface area contributed by atoms with Crippen LogP contribution in [0.4, 0.5) is 5.95 Å². The monoisotopic (exact) mass is 235 g/mol. The van der Waals surface area contributed by atoms with Gasteiger partial charge in [-0.1, -0.05) is 13.8 Å². The highest BCUT2D eigenvalue weighted by molar-refractivity contribution is 5.30. The molecule has 1 aromatic heterocycles. The Morgan fingerprint density at radius 3 is 2.29 bits per heavy atom. The Kier molecular flexibility index (Phi) is 4.31. The van der Waals surface area contributed by atoms with E-state index in [9.17, 15) is 0 Å². The van der Waals surface area contributed by atoms with E-state index in [0.717, 1.165) is 45.1 Å². The molecule has 0 aliphatic carbocycles. The van der Waals surface area contributed by atoms with E-state index >= 15 is 0 Å². The van der Waals surface area contributed by atoms with E-state index in [2.05, 4.69) is 28.7 Å². The second kappa shape index (κ2) is 5.96. The Bertz CT molecular complexity index is 329. The molecule has 4 nitrogen and oxygen atoms in total. The summed E-state index contributed by atoms with van der Waals surface area (Å²) in [6.45, 7) is 7.76. The highest BCUT2D eigenvalue weighted by Crippen LogP contribution is 2.22. The SMILES string of the molecule is CCC(CC)c1cnc(N2CCOCC2)nc1. The highest BCUT2D eigenvalue weighted by Gasteiger charge is 2.14. The zero-order valence-corrected chi connectivity index (χ0v) is 10.7. The van der Waals surface area contributed by atoms with Crippen LogP contribution in [0, 0.1) is 0 Å². The van der Waals surface area contributed by atoms with Crippen molar-refractivity contribution in [3.05, 3.63) is 18.0 Å². The van der Waals surface area contributed by atoms with Crippen molar-refractivity contribution >= 4 is 5.95 Å². The van der Waals surface area contributed by atoms with Crippen molar-refractivity contribution in [3.8, 4) is 0 Å². The van der Waals surface area contributed by atoms with E-state index in [0.29, 0.717) is 5.92 Å². The zero-order chi connectivity index (χ0) is 12.1. The van der Waals surface area contributed by atoms with E-state index in [4.69, 9.17) is 4.74 Å². The first-order valence-electron chi connectivity index (χ1n) is 6.49. The minimum Gasteiger partial charge on any atom is -0.378 e. The fraction of sp³-hybridized carbons (Fsp3) is 0.692. The maximum atomic E-state index is 5.32. The smallest absolute Gasteiger partial charge is 0.225 e. The summed E-state index contributed by atoms with van der Waals surface area (Å²) in [4.78, 5) is 11.1. The molecule has 0 spiro atoms. The van der Waals surface area contributed by atoms with Crippen molar-refractivity contribution in [3.63, 3.8) is 0 Å². The summed E-state index contributed by atoms with van der Waals surface area (Å²) in [6, 6.07) is 0. The molecular weight excluding hydrogens is 214 g/mol. The Morgan fingerprint density at radius 2 is 1.76 bits per heavy atom. The number of ether oxygens (including phenoxy) is 1.